The Balaban J connectivity index is 2.20. The summed E-state index contributed by atoms with van der Waals surface area (Å²) in [6.07, 6.45) is -4.87. The lowest BCUT2D eigenvalue weighted by Gasteiger charge is -2.11. The van der Waals surface area contributed by atoms with E-state index in [9.17, 15) is 26.0 Å². The number of ether oxygens (including phenoxy) is 1. The third-order valence-electron chi connectivity index (χ3n) is 2.54. The van der Waals surface area contributed by atoms with Crippen LogP contribution in [0.25, 0.3) is 0 Å². The van der Waals surface area contributed by atoms with Crippen LogP contribution in [0.5, 0.6) is 5.75 Å². The van der Waals surface area contributed by atoms with Gasteiger partial charge >= 0.3 is 6.36 Å². The van der Waals surface area contributed by atoms with Crippen molar-refractivity contribution in [3.63, 3.8) is 0 Å². The largest absolute Gasteiger partial charge is 0.573 e. The molecular weight excluding hydrogens is 362 g/mol. The number of hydrogen-bond donors (Lipinski definition) is 1. The minimum Gasteiger partial charge on any atom is -0.406 e. The molecule has 0 radical (unpaired) electrons. The molecule has 0 bridgehead atoms. The summed E-state index contributed by atoms with van der Waals surface area (Å²) in [6.45, 7) is 0. The van der Waals surface area contributed by atoms with Crippen LogP contribution in [-0.2, 0) is 10.0 Å². The van der Waals surface area contributed by atoms with E-state index in [0.29, 0.717) is 0 Å². The average Bonchev–Trinajstić information content (AvgIpc) is 2.41. The highest BCUT2D eigenvalue weighted by Gasteiger charge is 2.31. The number of rotatable bonds is 4. The zero-order valence-electron chi connectivity index (χ0n) is 11.1. The Morgan fingerprint density at radius 2 is 1.65 bits per heavy atom. The molecule has 2 aromatic carbocycles. The van der Waals surface area contributed by atoms with E-state index >= 15 is 0 Å². The van der Waals surface area contributed by atoms with Gasteiger partial charge in [-0.05, 0) is 42.5 Å². The van der Waals surface area contributed by atoms with Crippen LogP contribution in [0.4, 0.5) is 23.2 Å². The maximum absolute atomic E-state index is 13.0. The Morgan fingerprint density at radius 3 is 2.17 bits per heavy atom. The molecule has 0 aliphatic heterocycles. The highest BCUT2D eigenvalue weighted by atomic mass is 35.5. The molecule has 124 valence electrons. The lowest BCUT2D eigenvalue weighted by atomic mass is 10.3. The summed E-state index contributed by atoms with van der Waals surface area (Å²) in [5, 5.41) is -0.279. The number of anilines is 1. The van der Waals surface area contributed by atoms with Crippen molar-refractivity contribution in [3.05, 3.63) is 53.3 Å². The lowest BCUT2D eigenvalue weighted by Crippen LogP contribution is -2.17. The number of hydrogen-bond acceptors (Lipinski definition) is 3. The molecule has 2 rings (SSSR count). The monoisotopic (exact) mass is 369 g/mol. The Morgan fingerprint density at radius 1 is 1.04 bits per heavy atom. The molecule has 10 heteroatoms. The first-order chi connectivity index (χ1) is 10.6. The molecule has 0 saturated heterocycles. The summed E-state index contributed by atoms with van der Waals surface area (Å²) in [6, 6.07) is 6.79. The SMILES string of the molecule is O=S(=O)(Nc1ccc(F)c(Cl)c1)c1ccc(OC(F)(F)F)cc1. The van der Waals surface area contributed by atoms with Crippen LogP contribution < -0.4 is 9.46 Å². The van der Waals surface area contributed by atoms with E-state index in [-0.39, 0.29) is 15.6 Å². The smallest absolute Gasteiger partial charge is 0.406 e. The molecule has 0 saturated carbocycles. The second-order valence-corrected chi connectivity index (χ2v) is 6.34. The quantitative estimate of drug-likeness (QED) is 0.823. The molecule has 0 amide bonds. The number of nitrogens with one attached hydrogen (secondary N) is 1. The van der Waals surface area contributed by atoms with Gasteiger partial charge in [-0.15, -0.1) is 13.2 Å². The Bertz CT molecular complexity index is 807. The van der Waals surface area contributed by atoms with E-state index < -0.39 is 28.0 Å². The van der Waals surface area contributed by atoms with Crippen molar-refractivity contribution in [1.82, 2.24) is 0 Å². The summed E-state index contributed by atoms with van der Waals surface area (Å²) in [7, 11) is -4.07. The van der Waals surface area contributed by atoms with Gasteiger partial charge in [-0.25, -0.2) is 12.8 Å². The Kier molecular flexibility index (Phi) is 4.71. The van der Waals surface area contributed by atoms with Gasteiger partial charge in [0, 0.05) is 0 Å². The van der Waals surface area contributed by atoms with E-state index in [1.54, 1.807) is 0 Å². The Labute approximate surface area is 133 Å². The molecule has 0 spiro atoms. The van der Waals surface area contributed by atoms with Crippen LogP contribution >= 0.6 is 11.6 Å². The molecule has 0 atom stereocenters. The van der Waals surface area contributed by atoms with E-state index in [4.69, 9.17) is 11.6 Å². The van der Waals surface area contributed by atoms with Crippen molar-refractivity contribution < 1.29 is 30.7 Å². The molecule has 0 aliphatic rings. The third kappa shape index (κ3) is 4.73. The molecule has 0 aliphatic carbocycles. The molecule has 0 heterocycles. The minimum absolute atomic E-state index is 0.00650. The van der Waals surface area contributed by atoms with Crippen molar-refractivity contribution in [2.24, 2.45) is 0 Å². The van der Waals surface area contributed by atoms with Crippen LogP contribution in [0.3, 0.4) is 0 Å². The molecule has 0 aromatic heterocycles. The van der Waals surface area contributed by atoms with Crippen molar-refractivity contribution in [2.45, 2.75) is 11.3 Å². The Hall–Kier alpha value is -2.00. The highest BCUT2D eigenvalue weighted by molar-refractivity contribution is 7.92. The van der Waals surface area contributed by atoms with E-state index in [1.807, 2.05) is 0 Å². The van der Waals surface area contributed by atoms with Crippen LogP contribution in [0, 0.1) is 5.82 Å². The van der Waals surface area contributed by atoms with Gasteiger partial charge in [0.15, 0.2) is 0 Å². The normalized spacial score (nSPS) is 12.0. The van der Waals surface area contributed by atoms with Gasteiger partial charge < -0.3 is 4.74 Å². The van der Waals surface area contributed by atoms with Gasteiger partial charge in [0.25, 0.3) is 10.0 Å². The number of benzene rings is 2. The van der Waals surface area contributed by atoms with E-state index in [2.05, 4.69) is 9.46 Å². The van der Waals surface area contributed by atoms with Gasteiger partial charge in [0.1, 0.15) is 11.6 Å². The molecule has 4 nitrogen and oxygen atoms in total. The summed E-state index contributed by atoms with van der Waals surface area (Å²) in [5.41, 5.74) is 0.00650. The van der Waals surface area contributed by atoms with Crippen LogP contribution in [0.1, 0.15) is 0 Å². The van der Waals surface area contributed by atoms with Crippen LogP contribution in [0.15, 0.2) is 47.4 Å². The summed E-state index contributed by atoms with van der Waals surface area (Å²) in [5.74, 6) is -1.27. The fourth-order valence-corrected chi connectivity index (χ4v) is 2.82. The van der Waals surface area contributed by atoms with Gasteiger partial charge in [0.05, 0.1) is 15.6 Å². The molecule has 0 fully saturated rings. The van der Waals surface area contributed by atoms with Gasteiger partial charge in [-0.3, -0.25) is 4.72 Å². The summed E-state index contributed by atoms with van der Waals surface area (Å²) < 4.78 is 79.1. The predicted molar refractivity (Wildman–Crippen MR) is 75.3 cm³/mol. The zero-order chi connectivity index (χ0) is 17.3. The fourth-order valence-electron chi connectivity index (χ4n) is 1.59. The second-order valence-electron chi connectivity index (χ2n) is 4.25. The first-order valence-electron chi connectivity index (χ1n) is 5.90. The van der Waals surface area contributed by atoms with E-state index in [0.717, 1.165) is 42.5 Å². The fraction of sp³-hybridized carbons (Fsp3) is 0.0769. The minimum atomic E-state index is -4.87. The molecule has 1 N–H and O–H groups in total. The van der Waals surface area contributed by atoms with Crippen molar-refractivity contribution in [1.29, 1.82) is 0 Å². The topological polar surface area (TPSA) is 55.4 Å². The van der Waals surface area contributed by atoms with Crippen LogP contribution in [0.2, 0.25) is 5.02 Å². The summed E-state index contributed by atoms with van der Waals surface area (Å²) in [4.78, 5) is -0.299. The van der Waals surface area contributed by atoms with Crippen molar-refractivity contribution in [2.75, 3.05) is 4.72 Å². The number of alkyl halides is 3. The number of halogens is 5. The zero-order valence-corrected chi connectivity index (χ0v) is 12.6. The maximum atomic E-state index is 13.0. The predicted octanol–water partition coefficient (Wildman–Crippen LogP) is 4.18. The molecule has 23 heavy (non-hydrogen) atoms. The molecule has 0 unspecified atom stereocenters. The molecule has 2 aromatic rings. The van der Waals surface area contributed by atoms with Crippen molar-refractivity contribution in [3.8, 4) is 5.75 Å². The van der Waals surface area contributed by atoms with Crippen molar-refractivity contribution >= 4 is 27.3 Å². The average molecular weight is 370 g/mol. The van der Waals surface area contributed by atoms with Gasteiger partial charge in [0.2, 0.25) is 0 Å². The first-order valence-corrected chi connectivity index (χ1v) is 7.77. The summed E-state index contributed by atoms with van der Waals surface area (Å²) >= 11 is 5.54. The second kappa shape index (κ2) is 6.25. The first kappa shape index (κ1) is 17.4. The van der Waals surface area contributed by atoms with Gasteiger partial charge in [-0.2, -0.15) is 0 Å². The third-order valence-corrected chi connectivity index (χ3v) is 4.23. The van der Waals surface area contributed by atoms with Gasteiger partial charge in [-0.1, -0.05) is 11.6 Å². The molecular formula is C13H8ClF4NO3S. The lowest BCUT2D eigenvalue weighted by molar-refractivity contribution is -0.274. The maximum Gasteiger partial charge on any atom is 0.573 e. The van der Waals surface area contributed by atoms with E-state index in [1.165, 1.54) is 0 Å². The highest BCUT2D eigenvalue weighted by Crippen LogP contribution is 2.25. The van der Waals surface area contributed by atoms with Crippen LogP contribution in [-0.4, -0.2) is 14.8 Å². The standard InChI is InChI=1S/C13H8ClF4NO3S/c14-11-7-8(1-6-12(11)15)19-23(20,21)10-4-2-9(3-5-10)22-13(16,17)18/h1-7,19H. The number of sulfonamides is 1.